The quantitative estimate of drug-likeness (QED) is 0.211. The molecule has 1 N–H and O–H groups in total. The van der Waals surface area contributed by atoms with Crippen LogP contribution in [0.1, 0.15) is 49.7 Å². The first-order valence-electron chi connectivity index (χ1n) is 13.5. The van der Waals surface area contributed by atoms with Gasteiger partial charge in [-0.25, -0.2) is 4.98 Å². The van der Waals surface area contributed by atoms with Crippen LogP contribution >= 0.6 is 11.6 Å². The van der Waals surface area contributed by atoms with Crippen molar-refractivity contribution >= 4 is 40.0 Å². The van der Waals surface area contributed by atoms with Crippen molar-refractivity contribution in [2.75, 3.05) is 18.9 Å². The normalized spacial score (nSPS) is 11.0. The number of nitrogens with one attached hydrogen (secondary N) is 1. The third kappa shape index (κ3) is 6.31. The number of carbonyl (C=O) groups excluding carboxylic acids is 2. The molecule has 41 heavy (non-hydrogen) atoms. The van der Waals surface area contributed by atoms with Gasteiger partial charge in [0.05, 0.1) is 22.5 Å². The maximum Gasteiger partial charge on any atom is 0.256 e. The molecule has 0 radical (unpaired) electrons. The van der Waals surface area contributed by atoms with Crippen molar-refractivity contribution < 1.29 is 14.1 Å². The first-order chi connectivity index (χ1) is 19.7. The van der Waals surface area contributed by atoms with Crippen LogP contribution in [0.5, 0.6) is 0 Å². The molecule has 0 aliphatic heterocycles. The highest BCUT2D eigenvalue weighted by Gasteiger charge is 2.18. The summed E-state index contributed by atoms with van der Waals surface area (Å²) in [6.07, 6.45) is 1.48. The highest BCUT2D eigenvalue weighted by Crippen LogP contribution is 2.32. The lowest BCUT2D eigenvalue weighted by Crippen LogP contribution is -2.28. The SMILES string of the molecule is Cc1cc(C)c2nc(-c3ccccc3Cl)cc(C(=O)Nc3ccc(C(=O)N(C)CCCc4cc(C)no4)cc3)c2c1. The van der Waals surface area contributed by atoms with Crippen LogP contribution in [0.2, 0.25) is 5.02 Å². The number of pyridine rings is 1. The predicted molar refractivity (Wildman–Crippen MR) is 163 cm³/mol. The molecule has 0 aliphatic carbocycles. The maximum atomic E-state index is 13.6. The van der Waals surface area contributed by atoms with E-state index in [1.807, 2.05) is 57.2 Å². The van der Waals surface area contributed by atoms with Gasteiger partial charge >= 0.3 is 0 Å². The first-order valence-corrected chi connectivity index (χ1v) is 13.8. The molecule has 0 saturated heterocycles. The van der Waals surface area contributed by atoms with Gasteiger partial charge < -0.3 is 14.7 Å². The van der Waals surface area contributed by atoms with Crippen molar-refractivity contribution in [3.8, 4) is 11.3 Å². The topological polar surface area (TPSA) is 88.3 Å². The smallest absolute Gasteiger partial charge is 0.256 e. The van der Waals surface area contributed by atoms with Gasteiger partial charge in [-0.05, 0) is 75.2 Å². The van der Waals surface area contributed by atoms with Crippen LogP contribution in [0.4, 0.5) is 5.69 Å². The van der Waals surface area contributed by atoms with Gasteiger partial charge in [-0.2, -0.15) is 0 Å². The number of halogens is 1. The van der Waals surface area contributed by atoms with Crippen LogP contribution in [0, 0.1) is 20.8 Å². The third-order valence-electron chi connectivity index (χ3n) is 6.97. The zero-order valence-electron chi connectivity index (χ0n) is 23.5. The summed E-state index contributed by atoms with van der Waals surface area (Å²) >= 11 is 6.48. The Labute approximate surface area is 244 Å². The Morgan fingerprint density at radius 2 is 1.73 bits per heavy atom. The van der Waals surface area contributed by atoms with E-state index in [0.717, 1.165) is 45.5 Å². The molecule has 3 aromatic carbocycles. The zero-order valence-corrected chi connectivity index (χ0v) is 24.2. The fourth-order valence-corrected chi connectivity index (χ4v) is 5.15. The van der Waals surface area contributed by atoms with Crippen molar-refractivity contribution in [2.24, 2.45) is 0 Å². The zero-order chi connectivity index (χ0) is 29.1. The molecule has 2 aromatic heterocycles. The van der Waals surface area contributed by atoms with Crippen LogP contribution in [0.25, 0.3) is 22.2 Å². The average molecular weight is 567 g/mol. The minimum Gasteiger partial charge on any atom is -0.361 e. The van der Waals surface area contributed by atoms with Gasteiger partial charge in [0.2, 0.25) is 0 Å². The molecule has 2 amide bonds. The molecule has 5 aromatic rings. The molecule has 5 rings (SSSR count). The van der Waals surface area contributed by atoms with Crippen LogP contribution < -0.4 is 5.32 Å². The lowest BCUT2D eigenvalue weighted by atomic mass is 9.99. The molecule has 0 atom stereocenters. The number of hydrogen-bond acceptors (Lipinski definition) is 5. The second-order valence-corrected chi connectivity index (χ2v) is 10.7. The number of aryl methyl sites for hydroxylation is 4. The number of amides is 2. The Hall–Kier alpha value is -4.49. The monoisotopic (exact) mass is 566 g/mol. The van der Waals surface area contributed by atoms with Gasteiger partial charge in [-0.1, -0.05) is 46.6 Å². The lowest BCUT2D eigenvalue weighted by Gasteiger charge is -2.17. The van der Waals surface area contributed by atoms with Gasteiger partial charge in [0.25, 0.3) is 11.8 Å². The number of aromatic nitrogens is 2. The third-order valence-corrected chi connectivity index (χ3v) is 7.30. The molecule has 0 spiro atoms. The molecular formula is C33H31ClN4O3. The lowest BCUT2D eigenvalue weighted by molar-refractivity contribution is 0.0792. The van der Waals surface area contributed by atoms with E-state index in [2.05, 4.69) is 16.5 Å². The summed E-state index contributed by atoms with van der Waals surface area (Å²) < 4.78 is 5.24. The van der Waals surface area contributed by atoms with E-state index < -0.39 is 0 Å². The summed E-state index contributed by atoms with van der Waals surface area (Å²) in [5.41, 5.74) is 6.63. The second kappa shape index (κ2) is 11.9. The summed E-state index contributed by atoms with van der Waals surface area (Å²) in [7, 11) is 1.78. The summed E-state index contributed by atoms with van der Waals surface area (Å²) in [5, 5.41) is 8.22. The molecule has 0 bridgehead atoms. The standard InChI is InChI=1S/C33H31ClN4O3/c1-20-16-21(2)31-27(17-20)28(19-30(36-31)26-9-5-6-10-29(26)34)32(39)35-24-13-11-23(12-14-24)33(40)38(4)15-7-8-25-18-22(3)37-41-25/h5-6,9-14,16-19H,7-8,15H2,1-4H3,(H,35,39). The molecule has 0 aliphatic rings. The fraction of sp³-hybridized carbons (Fsp3) is 0.212. The summed E-state index contributed by atoms with van der Waals surface area (Å²) in [6, 6.07) is 22.1. The Morgan fingerprint density at radius 1 is 0.976 bits per heavy atom. The van der Waals surface area contributed by atoms with E-state index in [-0.39, 0.29) is 11.8 Å². The van der Waals surface area contributed by atoms with E-state index in [1.165, 1.54) is 0 Å². The summed E-state index contributed by atoms with van der Waals surface area (Å²) in [6.45, 7) is 6.45. The van der Waals surface area contributed by atoms with E-state index in [1.54, 1.807) is 42.3 Å². The van der Waals surface area contributed by atoms with Gasteiger partial charge in [-0.3, -0.25) is 9.59 Å². The van der Waals surface area contributed by atoms with Gasteiger partial charge in [0, 0.05) is 53.3 Å². The van der Waals surface area contributed by atoms with Crippen LogP contribution in [0.15, 0.2) is 77.3 Å². The predicted octanol–water partition coefficient (Wildman–Crippen LogP) is 7.43. The molecule has 7 nitrogen and oxygen atoms in total. The summed E-state index contributed by atoms with van der Waals surface area (Å²) in [4.78, 5) is 33.1. The molecule has 208 valence electrons. The Balaban J connectivity index is 1.34. The highest BCUT2D eigenvalue weighted by molar-refractivity contribution is 6.33. The van der Waals surface area contributed by atoms with Crippen molar-refractivity contribution in [3.05, 3.63) is 112 Å². The number of benzene rings is 3. The Kier molecular flexibility index (Phi) is 8.17. The molecule has 0 fully saturated rings. The minimum atomic E-state index is -0.269. The number of carbonyl (C=O) groups is 2. The average Bonchev–Trinajstić information content (AvgIpc) is 3.37. The van der Waals surface area contributed by atoms with Crippen molar-refractivity contribution in [1.29, 1.82) is 0 Å². The molecular weight excluding hydrogens is 536 g/mol. The minimum absolute atomic E-state index is 0.0907. The number of rotatable bonds is 8. The van der Waals surface area contributed by atoms with E-state index >= 15 is 0 Å². The van der Waals surface area contributed by atoms with E-state index in [9.17, 15) is 9.59 Å². The largest absolute Gasteiger partial charge is 0.361 e. The maximum absolute atomic E-state index is 13.6. The Bertz CT molecular complexity index is 1740. The van der Waals surface area contributed by atoms with Crippen molar-refractivity contribution in [1.82, 2.24) is 15.0 Å². The number of nitrogens with zero attached hydrogens (tertiary/aromatic N) is 3. The van der Waals surface area contributed by atoms with Crippen molar-refractivity contribution in [3.63, 3.8) is 0 Å². The highest BCUT2D eigenvalue weighted by atomic mass is 35.5. The van der Waals surface area contributed by atoms with Gasteiger partial charge in [0.1, 0.15) is 5.76 Å². The molecule has 8 heteroatoms. The van der Waals surface area contributed by atoms with Crippen molar-refractivity contribution in [2.45, 2.75) is 33.6 Å². The van der Waals surface area contributed by atoms with Crippen LogP contribution in [0.3, 0.4) is 0 Å². The van der Waals surface area contributed by atoms with Gasteiger partial charge in [0.15, 0.2) is 0 Å². The molecule has 0 unspecified atom stereocenters. The van der Waals surface area contributed by atoms with E-state index in [0.29, 0.717) is 40.5 Å². The Morgan fingerprint density at radius 3 is 2.44 bits per heavy atom. The van der Waals surface area contributed by atoms with Crippen LogP contribution in [-0.4, -0.2) is 40.4 Å². The van der Waals surface area contributed by atoms with E-state index in [4.69, 9.17) is 21.1 Å². The summed E-state index contributed by atoms with van der Waals surface area (Å²) in [5.74, 6) is 0.455. The first kappa shape index (κ1) is 28.1. The second-order valence-electron chi connectivity index (χ2n) is 10.3. The number of hydrogen-bond donors (Lipinski definition) is 1. The molecule has 2 heterocycles. The molecule has 0 saturated carbocycles. The fourth-order valence-electron chi connectivity index (χ4n) is 4.92. The van der Waals surface area contributed by atoms with Gasteiger partial charge in [-0.15, -0.1) is 0 Å². The number of fused-ring (bicyclic) bond motifs is 1. The number of anilines is 1. The van der Waals surface area contributed by atoms with Crippen LogP contribution in [-0.2, 0) is 6.42 Å².